The van der Waals surface area contributed by atoms with Crippen molar-refractivity contribution < 1.29 is 9.53 Å². The van der Waals surface area contributed by atoms with Crippen LogP contribution in [0.25, 0.3) is 11.3 Å². The highest BCUT2D eigenvalue weighted by Crippen LogP contribution is 2.42. The van der Waals surface area contributed by atoms with E-state index in [1.165, 1.54) is 5.56 Å². The predicted octanol–water partition coefficient (Wildman–Crippen LogP) is 4.23. The van der Waals surface area contributed by atoms with Crippen LogP contribution in [0.15, 0.2) is 48.5 Å². The number of aromatic amines is 1. The van der Waals surface area contributed by atoms with Gasteiger partial charge in [-0.3, -0.25) is 9.89 Å². The van der Waals surface area contributed by atoms with E-state index in [0.717, 1.165) is 22.4 Å². The van der Waals surface area contributed by atoms with Crippen molar-refractivity contribution in [2.24, 2.45) is 0 Å². The number of H-pyrrole nitrogens is 1. The maximum absolute atomic E-state index is 13.0. The number of aryl methyl sites for hydroxylation is 1. The number of carbonyl (C=O) groups is 1. The molecule has 1 aromatic heterocycles. The second-order valence-corrected chi connectivity index (χ2v) is 7.11. The van der Waals surface area contributed by atoms with Crippen LogP contribution in [-0.2, 0) is 4.74 Å². The van der Waals surface area contributed by atoms with Crippen LogP contribution in [0.3, 0.4) is 0 Å². The van der Waals surface area contributed by atoms with Crippen molar-refractivity contribution in [1.82, 2.24) is 15.1 Å². The van der Waals surface area contributed by atoms with Crippen molar-refractivity contribution in [3.05, 3.63) is 75.9 Å². The number of methoxy groups -OCH3 is 1. The summed E-state index contributed by atoms with van der Waals surface area (Å²) in [5.74, 6) is -0.0714. The number of carbonyl (C=O) groups excluding carboxylic acids is 1. The Morgan fingerprint density at radius 3 is 2.70 bits per heavy atom. The molecule has 5 nitrogen and oxygen atoms in total. The van der Waals surface area contributed by atoms with Crippen molar-refractivity contribution >= 4 is 17.5 Å². The van der Waals surface area contributed by atoms with E-state index in [4.69, 9.17) is 16.3 Å². The summed E-state index contributed by atoms with van der Waals surface area (Å²) in [4.78, 5) is 14.9. The molecule has 1 N–H and O–H groups in total. The van der Waals surface area contributed by atoms with Crippen LogP contribution < -0.4 is 0 Å². The summed E-state index contributed by atoms with van der Waals surface area (Å²) < 4.78 is 5.22. The van der Waals surface area contributed by atoms with Gasteiger partial charge in [0, 0.05) is 29.8 Å². The lowest BCUT2D eigenvalue weighted by atomic mass is 9.96. The molecule has 2 aromatic carbocycles. The fourth-order valence-corrected chi connectivity index (χ4v) is 3.77. The number of ether oxygens (including phenoxy) is 1. The van der Waals surface area contributed by atoms with Gasteiger partial charge in [-0.15, -0.1) is 0 Å². The van der Waals surface area contributed by atoms with Gasteiger partial charge in [0.1, 0.15) is 5.69 Å². The zero-order valence-corrected chi connectivity index (χ0v) is 16.0. The Balaban J connectivity index is 1.86. The summed E-state index contributed by atoms with van der Waals surface area (Å²) in [6, 6.07) is 15.5. The highest BCUT2D eigenvalue weighted by molar-refractivity contribution is 6.30. The van der Waals surface area contributed by atoms with Crippen LogP contribution in [-0.4, -0.2) is 41.3 Å². The van der Waals surface area contributed by atoms with E-state index in [1.807, 2.05) is 60.4 Å². The Labute approximate surface area is 162 Å². The van der Waals surface area contributed by atoms with Gasteiger partial charge >= 0.3 is 0 Å². The molecule has 0 spiro atoms. The number of aromatic nitrogens is 2. The number of hydrogen-bond acceptors (Lipinski definition) is 3. The lowest BCUT2D eigenvalue weighted by molar-refractivity contribution is 0.0677. The Hall–Kier alpha value is -2.63. The number of nitrogens with zero attached hydrogens (tertiary/aromatic N) is 2. The fourth-order valence-electron chi connectivity index (χ4n) is 3.57. The van der Waals surface area contributed by atoms with Crippen molar-refractivity contribution in [1.29, 1.82) is 0 Å². The second-order valence-electron chi connectivity index (χ2n) is 6.68. The number of hydrogen-bond donors (Lipinski definition) is 1. The number of nitrogens with one attached hydrogen (secondary N) is 1. The smallest absolute Gasteiger partial charge is 0.273 e. The van der Waals surface area contributed by atoms with E-state index in [0.29, 0.717) is 23.9 Å². The molecular formula is C21H20ClN3O2. The van der Waals surface area contributed by atoms with E-state index in [9.17, 15) is 4.79 Å². The molecule has 0 radical (unpaired) electrons. The zero-order valence-electron chi connectivity index (χ0n) is 15.2. The van der Waals surface area contributed by atoms with Gasteiger partial charge in [-0.05, 0) is 24.6 Å². The van der Waals surface area contributed by atoms with E-state index in [1.54, 1.807) is 7.11 Å². The molecule has 0 saturated heterocycles. The summed E-state index contributed by atoms with van der Waals surface area (Å²) in [6.07, 6.45) is 0. The first-order valence-corrected chi connectivity index (χ1v) is 9.18. The average molecular weight is 382 g/mol. The Morgan fingerprint density at radius 1 is 1.22 bits per heavy atom. The normalized spacial score (nSPS) is 16.0. The molecule has 1 aliphatic rings. The Bertz CT molecular complexity index is 981. The summed E-state index contributed by atoms with van der Waals surface area (Å²) >= 11 is 6.24. The summed E-state index contributed by atoms with van der Waals surface area (Å²) in [5.41, 5.74) is 5.33. The average Bonchev–Trinajstić information content (AvgIpc) is 3.20. The molecule has 1 amide bonds. The molecule has 4 rings (SSSR count). The molecule has 6 heteroatoms. The highest BCUT2D eigenvalue weighted by Gasteiger charge is 2.41. The van der Waals surface area contributed by atoms with Crippen LogP contribution in [0.5, 0.6) is 0 Å². The number of fused-ring (bicyclic) bond motifs is 1. The summed E-state index contributed by atoms with van der Waals surface area (Å²) in [7, 11) is 1.63. The maximum atomic E-state index is 13.0. The summed E-state index contributed by atoms with van der Waals surface area (Å²) in [6.45, 7) is 2.99. The first-order valence-electron chi connectivity index (χ1n) is 8.81. The van der Waals surface area contributed by atoms with Crippen LogP contribution in [0, 0.1) is 6.92 Å². The third-order valence-electron chi connectivity index (χ3n) is 4.89. The summed E-state index contributed by atoms with van der Waals surface area (Å²) in [5, 5.41) is 8.06. The van der Waals surface area contributed by atoms with Gasteiger partial charge in [-0.2, -0.15) is 5.10 Å². The van der Waals surface area contributed by atoms with E-state index < -0.39 is 0 Å². The topological polar surface area (TPSA) is 58.2 Å². The number of amides is 1. The molecule has 0 saturated carbocycles. The van der Waals surface area contributed by atoms with Crippen molar-refractivity contribution in [3.63, 3.8) is 0 Å². The van der Waals surface area contributed by atoms with E-state index in [-0.39, 0.29) is 11.9 Å². The van der Waals surface area contributed by atoms with Crippen molar-refractivity contribution in [3.8, 4) is 11.3 Å². The van der Waals surface area contributed by atoms with Gasteiger partial charge in [0.2, 0.25) is 0 Å². The lowest BCUT2D eigenvalue weighted by Gasteiger charge is -2.26. The van der Waals surface area contributed by atoms with Gasteiger partial charge < -0.3 is 9.64 Å². The molecule has 27 heavy (non-hydrogen) atoms. The minimum absolute atomic E-state index is 0.0714. The maximum Gasteiger partial charge on any atom is 0.273 e. The molecule has 138 valence electrons. The molecule has 2 heterocycles. The molecular weight excluding hydrogens is 362 g/mol. The van der Waals surface area contributed by atoms with Crippen LogP contribution in [0.4, 0.5) is 0 Å². The van der Waals surface area contributed by atoms with E-state index >= 15 is 0 Å². The number of benzene rings is 2. The van der Waals surface area contributed by atoms with Crippen LogP contribution >= 0.6 is 11.6 Å². The zero-order chi connectivity index (χ0) is 19.0. The van der Waals surface area contributed by atoms with Gasteiger partial charge in [0.05, 0.1) is 18.3 Å². The lowest BCUT2D eigenvalue weighted by Crippen LogP contribution is -2.32. The van der Waals surface area contributed by atoms with Gasteiger partial charge in [-0.25, -0.2) is 0 Å². The molecule has 0 aliphatic carbocycles. The number of halogens is 1. The SMILES string of the molecule is COCCN1C(=O)c2[nH]nc(-c3ccc(C)cc3)c2C1c1cccc(Cl)c1. The third kappa shape index (κ3) is 3.13. The molecule has 1 unspecified atom stereocenters. The van der Waals surface area contributed by atoms with Crippen LogP contribution in [0.1, 0.15) is 33.2 Å². The number of rotatable bonds is 5. The molecule has 0 fully saturated rings. The monoisotopic (exact) mass is 381 g/mol. The highest BCUT2D eigenvalue weighted by atomic mass is 35.5. The molecule has 1 aliphatic heterocycles. The Kier molecular flexibility index (Phi) is 4.72. The van der Waals surface area contributed by atoms with Crippen molar-refractivity contribution in [2.75, 3.05) is 20.3 Å². The largest absolute Gasteiger partial charge is 0.383 e. The first kappa shape index (κ1) is 17.8. The second kappa shape index (κ2) is 7.18. The van der Waals surface area contributed by atoms with Crippen molar-refractivity contribution in [2.45, 2.75) is 13.0 Å². The van der Waals surface area contributed by atoms with Crippen LogP contribution in [0.2, 0.25) is 5.02 Å². The van der Waals surface area contributed by atoms with Gasteiger partial charge in [-0.1, -0.05) is 53.6 Å². The minimum atomic E-state index is -0.253. The Morgan fingerprint density at radius 2 is 2.00 bits per heavy atom. The van der Waals surface area contributed by atoms with Gasteiger partial charge in [0.15, 0.2) is 0 Å². The first-order chi connectivity index (χ1) is 13.1. The standard InChI is InChI=1S/C21H20ClN3O2/c1-13-6-8-14(9-7-13)18-17-19(24-23-18)21(26)25(10-11-27-2)20(17)15-4-3-5-16(22)12-15/h3-9,12,20H,10-11H2,1-2H3,(H,23,24). The molecule has 1 atom stereocenters. The minimum Gasteiger partial charge on any atom is -0.383 e. The van der Waals surface area contributed by atoms with E-state index in [2.05, 4.69) is 10.2 Å². The fraction of sp³-hybridized carbons (Fsp3) is 0.238. The van der Waals surface area contributed by atoms with Gasteiger partial charge in [0.25, 0.3) is 5.91 Å². The quantitative estimate of drug-likeness (QED) is 0.719. The third-order valence-corrected chi connectivity index (χ3v) is 5.12. The molecule has 3 aromatic rings. The molecule has 0 bridgehead atoms. The predicted molar refractivity (Wildman–Crippen MR) is 105 cm³/mol.